The van der Waals surface area contributed by atoms with Crippen LogP contribution >= 0.6 is 31.9 Å². The molecule has 0 spiro atoms. The summed E-state index contributed by atoms with van der Waals surface area (Å²) in [6.45, 7) is 0.264. The Balaban J connectivity index is 1.68. The molecule has 1 aliphatic rings. The summed E-state index contributed by atoms with van der Waals surface area (Å²) < 4.78 is 1.43. The van der Waals surface area contributed by atoms with E-state index >= 15 is 0 Å². The summed E-state index contributed by atoms with van der Waals surface area (Å²) in [6, 6.07) is 18.9. The summed E-state index contributed by atoms with van der Waals surface area (Å²) in [7, 11) is 0. The van der Waals surface area contributed by atoms with Gasteiger partial charge in [-0.15, -0.1) is 0 Å². The number of para-hydroxylation sites is 2. The van der Waals surface area contributed by atoms with Crippen LogP contribution < -0.4 is 10.2 Å². The van der Waals surface area contributed by atoms with E-state index in [4.69, 9.17) is 0 Å². The number of rotatable bonds is 3. The van der Waals surface area contributed by atoms with Gasteiger partial charge >= 0.3 is 0 Å². The second-order valence-electron chi connectivity index (χ2n) is 6.35. The molecule has 1 aliphatic heterocycles. The minimum Gasteiger partial charge on any atom is -0.340 e. The minimum absolute atomic E-state index is 0.187. The van der Waals surface area contributed by atoms with Gasteiger partial charge in [-0.25, -0.2) is 4.98 Å². The number of Topliss-reactive ketones (excluding diaryl/α,β-unsaturated/α-hetero) is 1. The molecule has 0 saturated heterocycles. The zero-order chi connectivity index (χ0) is 19.7. The maximum absolute atomic E-state index is 13.0. The SMILES string of the molecule is O=C(Nc1ncc(Br)cc1Br)C1CN(c2ccccc2)c2ccccc2C1=O. The summed E-state index contributed by atoms with van der Waals surface area (Å²) >= 11 is 6.72. The van der Waals surface area contributed by atoms with E-state index in [1.165, 1.54) is 0 Å². The van der Waals surface area contributed by atoms with Gasteiger partial charge in [0.15, 0.2) is 5.78 Å². The monoisotopic (exact) mass is 499 g/mol. The van der Waals surface area contributed by atoms with Crippen LogP contribution in [0.1, 0.15) is 10.4 Å². The second-order valence-corrected chi connectivity index (χ2v) is 8.12. The van der Waals surface area contributed by atoms with Crippen LogP contribution in [-0.2, 0) is 4.79 Å². The van der Waals surface area contributed by atoms with Crippen molar-refractivity contribution in [3.05, 3.63) is 81.4 Å². The Hall–Kier alpha value is -2.51. The van der Waals surface area contributed by atoms with Crippen LogP contribution in [0.4, 0.5) is 17.2 Å². The average Bonchev–Trinajstić information content (AvgIpc) is 2.71. The fourth-order valence-electron chi connectivity index (χ4n) is 3.23. The van der Waals surface area contributed by atoms with Crippen LogP contribution in [0, 0.1) is 5.92 Å². The molecule has 0 radical (unpaired) electrons. The van der Waals surface area contributed by atoms with Crippen molar-refractivity contribution in [2.24, 2.45) is 5.92 Å². The molecule has 1 amide bonds. The van der Waals surface area contributed by atoms with Crippen LogP contribution in [0.25, 0.3) is 0 Å². The van der Waals surface area contributed by atoms with Crippen molar-refractivity contribution in [1.82, 2.24) is 4.98 Å². The van der Waals surface area contributed by atoms with Crippen LogP contribution in [0.15, 0.2) is 75.8 Å². The maximum Gasteiger partial charge on any atom is 0.238 e. The molecule has 1 aromatic heterocycles. The predicted molar refractivity (Wildman–Crippen MR) is 116 cm³/mol. The van der Waals surface area contributed by atoms with Gasteiger partial charge in [0.2, 0.25) is 5.91 Å². The minimum atomic E-state index is -0.840. The number of anilines is 3. The van der Waals surface area contributed by atoms with Gasteiger partial charge in [-0.3, -0.25) is 9.59 Å². The molecule has 28 heavy (non-hydrogen) atoms. The van der Waals surface area contributed by atoms with E-state index < -0.39 is 5.92 Å². The molecule has 0 saturated carbocycles. The quantitative estimate of drug-likeness (QED) is 0.502. The van der Waals surface area contributed by atoms with Gasteiger partial charge in [-0.2, -0.15) is 0 Å². The van der Waals surface area contributed by atoms with Gasteiger partial charge in [-0.1, -0.05) is 30.3 Å². The summed E-state index contributed by atoms with van der Waals surface area (Å²) in [5.41, 5.74) is 2.29. The standard InChI is InChI=1S/C21H15Br2N3O2/c22-13-10-17(23)20(24-11-13)25-21(28)16-12-26(14-6-2-1-3-7-14)18-9-5-4-8-15(18)19(16)27/h1-11,16H,12H2,(H,24,25,28). The van der Waals surface area contributed by atoms with Crippen molar-refractivity contribution in [1.29, 1.82) is 0 Å². The third-order valence-corrected chi connectivity index (χ3v) is 5.61. The first-order valence-electron chi connectivity index (χ1n) is 8.62. The Morgan fingerprint density at radius 3 is 2.54 bits per heavy atom. The molecule has 0 aliphatic carbocycles. The number of aromatic nitrogens is 1. The Labute approximate surface area is 179 Å². The highest BCUT2D eigenvalue weighted by atomic mass is 79.9. The number of fused-ring (bicyclic) bond motifs is 1. The van der Waals surface area contributed by atoms with E-state index in [2.05, 4.69) is 42.2 Å². The Bertz CT molecular complexity index is 1060. The smallest absolute Gasteiger partial charge is 0.238 e. The molecule has 0 fully saturated rings. The number of hydrogen-bond acceptors (Lipinski definition) is 4. The lowest BCUT2D eigenvalue weighted by Gasteiger charge is -2.34. The van der Waals surface area contributed by atoms with Gasteiger partial charge in [0.25, 0.3) is 0 Å². The normalized spacial score (nSPS) is 15.9. The van der Waals surface area contributed by atoms with Crippen LogP contribution in [0.5, 0.6) is 0 Å². The largest absolute Gasteiger partial charge is 0.340 e. The third kappa shape index (κ3) is 3.59. The topological polar surface area (TPSA) is 62.3 Å². The lowest BCUT2D eigenvalue weighted by Crippen LogP contribution is -2.43. The van der Waals surface area contributed by atoms with Crippen molar-refractivity contribution in [3.63, 3.8) is 0 Å². The lowest BCUT2D eigenvalue weighted by molar-refractivity contribution is -0.118. The van der Waals surface area contributed by atoms with Crippen LogP contribution in [-0.4, -0.2) is 23.2 Å². The first-order valence-corrected chi connectivity index (χ1v) is 10.2. The molecule has 1 atom stereocenters. The zero-order valence-corrected chi connectivity index (χ0v) is 17.8. The van der Waals surface area contributed by atoms with E-state index in [0.717, 1.165) is 15.8 Å². The van der Waals surface area contributed by atoms with Crippen molar-refractivity contribution in [2.45, 2.75) is 0 Å². The molecule has 2 aromatic carbocycles. The molecule has 140 valence electrons. The van der Waals surface area contributed by atoms with Gasteiger partial charge < -0.3 is 10.2 Å². The van der Waals surface area contributed by atoms with E-state index in [0.29, 0.717) is 15.9 Å². The summed E-state index contributed by atoms with van der Waals surface area (Å²) in [6.07, 6.45) is 1.59. The molecule has 1 N–H and O–H groups in total. The van der Waals surface area contributed by atoms with E-state index in [1.807, 2.05) is 53.4 Å². The van der Waals surface area contributed by atoms with Crippen LogP contribution in [0.2, 0.25) is 0 Å². The van der Waals surface area contributed by atoms with Gasteiger partial charge in [0, 0.05) is 28.5 Å². The van der Waals surface area contributed by atoms with Crippen molar-refractivity contribution in [2.75, 3.05) is 16.8 Å². The fourth-order valence-corrected chi connectivity index (χ4v) is 4.32. The molecule has 5 nitrogen and oxygen atoms in total. The van der Waals surface area contributed by atoms with Crippen molar-refractivity contribution >= 4 is 60.7 Å². The number of pyridine rings is 1. The predicted octanol–water partition coefficient (Wildman–Crippen LogP) is 5.20. The van der Waals surface area contributed by atoms with Crippen molar-refractivity contribution in [3.8, 4) is 0 Å². The second kappa shape index (κ2) is 7.85. The summed E-state index contributed by atoms with van der Waals surface area (Å²) in [4.78, 5) is 32.2. The average molecular weight is 501 g/mol. The maximum atomic E-state index is 13.0. The molecule has 2 heterocycles. The summed E-state index contributed by atoms with van der Waals surface area (Å²) in [5, 5.41) is 2.78. The zero-order valence-electron chi connectivity index (χ0n) is 14.6. The Morgan fingerprint density at radius 2 is 1.79 bits per heavy atom. The van der Waals surface area contributed by atoms with E-state index in [1.54, 1.807) is 18.3 Å². The molecule has 7 heteroatoms. The number of carbonyl (C=O) groups excluding carboxylic acids is 2. The lowest BCUT2D eigenvalue weighted by atomic mass is 9.90. The fraction of sp³-hybridized carbons (Fsp3) is 0.0952. The molecule has 3 aromatic rings. The summed E-state index contributed by atoms with van der Waals surface area (Å²) in [5.74, 6) is -1.02. The first-order chi connectivity index (χ1) is 13.5. The molecule has 4 rings (SSSR count). The molecule has 1 unspecified atom stereocenters. The number of nitrogens with zero attached hydrogens (tertiary/aromatic N) is 2. The molecular weight excluding hydrogens is 486 g/mol. The van der Waals surface area contributed by atoms with Gasteiger partial charge in [0.1, 0.15) is 11.7 Å². The van der Waals surface area contributed by atoms with Crippen molar-refractivity contribution < 1.29 is 9.59 Å². The Kier molecular flexibility index (Phi) is 5.28. The first kappa shape index (κ1) is 18.8. The number of benzene rings is 2. The number of amides is 1. The number of nitrogens with one attached hydrogen (secondary N) is 1. The number of carbonyl (C=O) groups is 2. The Morgan fingerprint density at radius 1 is 1.07 bits per heavy atom. The van der Waals surface area contributed by atoms with Gasteiger partial charge in [0.05, 0.1) is 10.2 Å². The van der Waals surface area contributed by atoms with Crippen LogP contribution in [0.3, 0.4) is 0 Å². The van der Waals surface area contributed by atoms with E-state index in [9.17, 15) is 9.59 Å². The third-order valence-electron chi connectivity index (χ3n) is 4.58. The van der Waals surface area contributed by atoms with Gasteiger partial charge in [-0.05, 0) is 62.2 Å². The number of ketones is 1. The van der Waals surface area contributed by atoms with E-state index in [-0.39, 0.29) is 18.2 Å². The molecule has 0 bridgehead atoms. The highest BCUT2D eigenvalue weighted by molar-refractivity contribution is 9.11. The number of hydrogen-bond donors (Lipinski definition) is 1. The highest BCUT2D eigenvalue weighted by Gasteiger charge is 2.37. The number of halogens is 2. The molecular formula is C21H15Br2N3O2. The highest BCUT2D eigenvalue weighted by Crippen LogP contribution is 2.36.